The maximum absolute atomic E-state index is 4.05. The van der Waals surface area contributed by atoms with Gasteiger partial charge in [0, 0.05) is 12.4 Å². The largest absolute Gasteiger partial charge is 0.253 e. The maximum Gasteiger partial charge on any atom is 0.107 e. The van der Waals surface area contributed by atoms with Crippen LogP contribution in [0.25, 0.3) is 11.0 Å². The summed E-state index contributed by atoms with van der Waals surface area (Å²) in [5.74, 6) is 0. The maximum atomic E-state index is 4.05. The van der Waals surface area contributed by atoms with E-state index in [1.54, 1.807) is 24.7 Å². The summed E-state index contributed by atoms with van der Waals surface area (Å²) < 4.78 is 0. The van der Waals surface area contributed by atoms with Crippen molar-refractivity contribution in [2.75, 3.05) is 0 Å². The smallest absolute Gasteiger partial charge is 0.107 e. The summed E-state index contributed by atoms with van der Waals surface area (Å²) >= 11 is 0. The molecule has 0 N–H and O–H groups in total. The van der Waals surface area contributed by atoms with Crippen LogP contribution in [-0.2, 0) is 0 Å². The predicted octanol–water partition coefficient (Wildman–Crippen LogP) is 0.825. The zero-order valence-corrected chi connectivity index (χ0v) is 5.15. The number of hydrogen-bond donors (Lipinski definition) is 0. The van der Waals surface area contributed by atoms with Crippen LogP contribution in [0.4, 0.5) is 0 Å². The van der Waals surface area contributed by atoms with Crippen LogP contribution >= 0.6 is 0 Å². The van der Waals surface area contributed by atoms with Crippen molar-refractivity contribution in [3.05, 3.63) is 30.9 Å². The van der Waals surface area contributed by atoms with E-state index in [1.807, 2.05) is 0 Å². The highest BCUT2D eigenvalue weighted by Gasteiger charge is 1.89. The molecule has 0 amide bonds. The van der Waals surface area contributed by atoms with E-state index in [9.17, 15) is 0 Å². The molecular formula is C7H4N3. The highest BCUT2D eigenvalue weighted by atomic mass is 14.8. The lowest BCUT2D eigenvalue weighted by atomic mass is 10.4. The lowest BCUT2D eigenvalue weighted by molar-refractivity contribution is 1.24. The fourth-order valence-electron chi connectivity index (χ4n) is 0.767. The minimum absolute atomic E-state index is 0.807. The topological polar surface area (TPSA) is 38.7 Å². The Balaban J connectivity index is 2.89. The van der Waals surface area contributed by atoms with Crippen LogP contribution in [0.3, 0.4) is 0 Å². The van der Waals surface area contributed by atoms with Gasteiger partial charge in [0.25, 0.3) is 0 Å². The molecule has 0 aromatic carbocycles. The van der Waals surface area contributed by atoms with Gasteiger partial charge in [-0.25, -0.2) is 0 Å². The standard InChI is InChI=1S/C7H4N3/c1-2-8-5-7-6(1)9-3-4-10-7/h1,3-5H. The zero-order valence-electron chi connectivity index (χ0n) is 5.15. The highest BCUT2D eigenvalue weighted by Crippen LogP contribution is 2.01. The van der Waals surface area contributed by atoms with Gasteiger partial charge < -0.3 is 0 Å². The third kappa shape index (κ3) is 0.719. The Morgan fingerprint density at radius 3 is 2.70 bits per heavy atom. The van der Waals surface area contributed by atoms with Crippen LogP contribution in [-0.4, -0.2) is 15.0 Å². The van der Waals surface area contributed by atoms with Gasteiger partial charge in [0.2, 0.25) is 0 Å². The van der Waals surface area contributed by atoms with Crippen LogP contribution in [0.15, 0.2) is 24.7 Å². The van der Waals surface area contributed by atoms with Gasteiger partial charge in [0.1, 0.15) is 5.52 Å². The molecule has 0 aliphatic carbocycles. The number of nitrogens with zero attached hydrogens (tertiary/aromatic N) is 3. The molecule has 0 saturated carbocycles. The third-order valence-corrected chi connectivity index (χ3v) is 1.22. The molecule has 3 nitrogen and oxygen atoms in total. The van der Waals surface area contributed by atoms with E-state index in [0.29, 0.717) is 0 Å². The van der Waals surface area contributed by atoms with E-state index in [1.165, 1.54) is 0 Å². The Bertz CT molecular complexity index is 280. The SMILES string of the molecule is [c]1cc2nccnc2cn1. The van der Waals surface area contributed by atoms with Crippen molar-refractivity contribution in [2.45, 2.75) is 0 Å². The van der Waals surface area contributed by atoms with Crippen LogP contribution in [0.5, 0.6) is 0 Å². The molecule has 10 heavy (non-hydrogen) atoms. The summed E-state index contributed by atoms with van der Waals surface area (Å²) in [6, 6.07) is 1.71. The van der Waals surface area contributed by atoms with Crippen molar-refractivity contribution < 1.29 is 0 Å². The summed E-state index contributed by atoms with van der Waals surface area (Å²) in [5.41, 5.74) is 1.64. The fourth-order valence-corrected chi connectivity index (χ4v) is 0.767. The minimum atomic E-state index is 0.807. The van der Waals surface area contributed by atoms with Crippen LogP contribution in [0.2, 0.25) is 0 Å². The van der Waals surface area contributed by atoms with Gasteiger partial charge in [-0.15, -0.1) is 0 Å². The molecule has 0 fully saturated rings. The molecule has 2 heterocycles. The van der Waals surface area contributed by atoms with Gasteiger partial charge >= 0.3 is 0 Å². The van der Waals surface area contributed by atoms with E-state index in [4.69, 9.17) is 0 Å². The van der Waals surface area contributed by atoms with Gasteiger partial charge in [-0.1, -0.05) is 0 Å². The van der Waals surface area contributed by atoms with Crippen molar-refractivity contribution in [1.29, 1.82) is 0 Å². The Morgan fingerprint density at radius 2 is 1.90 bits per heavy atom. The third-order valence-electron chi connectivity index (χ3n) is 1.22. The first-order valence-electron chi connectivity index (χ1n) is 2.89. The summed E-state index contributed by atoms with van der Waals surface area (Å²) in [4.78, 5) is 11.9. The second-order valence-electron chi connectivity index (χ2n) is 1.86. The first-order valence-corrected chi connectivity index (χ1v) is 2.89. The average molecular weight is 130 g/mol. The summed E-state index contributed by atoms with van der Waals surface area (Å²) in [7, 11) is 0. The minimum Gasteiger partial charge on any atom is -0.253 e. The Kier molecular flexibility index (Phi) is 1.07. The van der Waals surface area contributed by atoms with E-state index in [2.05, 4.69) is 21.1 Å². The summed E-state index contributed by atoms with van der Waals surface area (Å²) in [6.07, 6.45) is 7.62. The second-order valence-corrected chi connectivity index (χ2v) is 1.86. The van der Waals surface area contributed by atoms with Crippen molar-refractivity contribution >= 4 is 11.0 Å². The normalized spacial score (nSPS) is 10.0. The average Bonchev–Trinajstić information content (AvgIpc) is 2.05. The van der Waals surface area contributed by atoms with Crippen molar-refractivity contribution in [1.82, 2.24) is 15.0 Å². The van der Waals surface area contributed by atoms with Gasteiger partial charge in [0.15, 0.2) is 0 Å². The molecular weight excluding hydrogens is 126 g/mol. The Morgan fingerprint density at radius 1 is 1.10 bits per heavy atom. The van der Waals surface area contributed by atoms with Crippen LogP contribution < -0.4 is 0 Å². The molecule has 0 spiro atoms. The lowest BCUT2D eigenvalue weighted by Gasteiger charge is -1.89. The number of pyridine rings is 1. The van der Waals surface area contributed by atoms with Gasteiger partial charge in [-0.2, -0.15) is 0 Å². The zero-order chi connectivity index (χ0) is 6.81. The second kappa shape index (κ2) is 2.02. The van der Waals surface area contributed by atoms with Gasteiger partial charge in [-0.3, -0.25) is 15.0 Å². The van der Waals surface area contributed by atoms with E-state index >= 15 is 0 Å². The Labute approximate surface area is 57.8 Å². The molecule has 2 aromatic heterocycles. The molecule has 47 valence electrons. The molecule has 3 heteroatoms. The molecule has 2 rings (SSSR count). The number of aromatic nitrogens is 3. The first-order chi connectivity index (χ1) is 4.97. The monoisotopic (exact) mass is 130 g/mol. The van der Waals surface area contributed by atoms with E-state index in [0.717, 1.165) is 11.0 Å². The first kappa shape index (κ1) is 5.29. The van der Waals surface area contributed by atoms with Crippen molar-refractivity contribution in [2.24, 2.45) is 0 Å². The molecule has 0 aliphatic rings. The Hall–Kier alpha value is -1.51. The number of hydrogen-bond acceptors (Lipinski definition) is 3. The van der Waals surface area contributed by atoms with E-state index in [-0.39, 0.29) is 0 Å². The quantitative estimate of drug-likeness (QED) is 0.530. The molecule has 0 bridgehead atoms. The predicted molar refractivity (Wildman–Crippen MR) is 36.2 cm³/mol. The van der Waals surface area contributed by atoms with Crippen molar-refractivity contribution in [3.63, 3.8) is 0 Å². The highest BCUT2D eigenvalue weighted by molar-refractivity contribution is 5.71. The van der Waals surface area contributed by atoms with Gasteiger partial charge in [0.05, 0.1) is 17.9 Å². The molecule has 0 saturated heterocycles. The van der Waals surface area contributed by atoms with Crippen LogP contribution in [0, 0.1) is 6.20 Å². The molecule has 2 aromatic rings. The summed E-state index contributed by atoms with van der Waals surface area (Å²) in [5, 5.41) is 0. The molecule has 0 aliphatic heterocycles. The molecule has 0 atom stereocenters. The van der Waals surface area contributed by atoms with Crippen molar-refractivity contribution in [3.8, 4) is 0 Å². The van der Waals surface area contributed by atoms with Crippen LogP contribution in [0.1, 0.15) is 0 Å². The van der Waals surface area contributed by atoms with E-state index < -0.39 is 0 Å². The van der Waals surface area contributed by atoms with Gasteiger partial charge in [-0.05, 0) is 6.07 Å². The molecule has 0 unspecified atom stereocenters. The fraction of sp³-hybridized carbons (Fsp3) is 0. The lowest BCUT2D eigenvalue weighted by Crippen LogP contribution is -1.81. The number of fused-ring (bicyclic) bond motifs is 1. The molecule has 1 radical (unpaired) electrons. The number of rotatable bonds is 0. The summed E-state index contributed by atoms with van der Waals surface area (Å²) in [6.45, 7) is 0.